The molecule has 0 spiro atoms. The van der Waals surface area contributed by atoms with Gasteiger partial charge in [0.1, 0.15) is 49.0 Å². The fourth-order valence-corrected chi connectivity index (χ4v) is 6.48. The molecule has 2 fully saturated rings. The van der Waals surface area contributed by atoms with E-state index in [1.54, 1.807) is 13.8 Å². The molecule has 9 unspecified atom stereocenters. The third-order valence-corrected chi connectivity index (χ3v) is 10.1. The second-order valence-electron chi connectivity index (χ2n) is 15.8. The number of unbranched alkanes of at least 4 members (excludes halogenated alkanes) is 1. The molecule has 9 atom stereocenters. The predicted octanol–water partition coefficient (Wildman–Crippen LogP) is -7.90. The quantitative estimate of drug-likeness (QED) is 0.0206. The Bertz CT molecular complexity index is 1800. The van der Waals surface area contributed by atoms with Crippen molar-refractivity contribution in [3.05, 3.63) is 0 Å². The van der Waals surface area contributed by atoms with Crippen LogP contribution in [-0.4, -0.2) is 215 Å². The zero-order valence-corrected chi connectivity index (χ0v) is 38.1. The summed E-state index contributed by atoms with van der Waals surface area (Å²) < 4.78 is 10.2. The Labute approximate surface area is 389 Å². The molecule has 2 aliphatic heterocycles. The zero-order valence-electron chi connectivity index (χ0n) is 38.1. The van der Waals surface area contributed by atoms with Crippen LogP contribution >= 0.6 is 0 Å². The largest absolute Gasteiger partial charge is 0.480 e. The molecular weight excluding hydrogens is 912 g/mol. The first-order valence-corrected chi connectivity index (χ1v) is 21.6. The summed E-state index contributed by atoms with van der Waals surface area (Å²) in [5.41, 5.74) is 0. The molecule has 2 rings (SSSR count). The Kier molecular flexibility index (Phi) is 25.1. The molecule has 9 amide bonds. The first kappa shape index (κ1) is 57.9. The monoisotopic (exact) mass is 976 g/mol. The second-order valence-corrected chi connectivity index (χ2v) is 15.8. The van der Waals surface area contributed by atoms with Crippen LogP contribution in [0.1, 0.15) is 59.8 Å². The number of nitrogens with one attached hydrogen (secondary N) is 8. The number of nitrogens with zero attached hydrogens (tertiary/aromatic N) is 2. The van der Waals surface area contributed by atoms with Crippen LogP contribution in [-0.2, 0) is 62.3 Å². The van der Waals surface area contributed by atoms with E-state index in [9.17, 15) is 68.4 Å². The molecule has 68 heavy (non-hydrogen) atoms. The number of amides is 9. The van der Waals surface area contributed by atoms with Crippen LogP contribution in [0.25, 0.3) is 0 Å². The Morgan fingerprint density at radius 2 is 1.37 bits per heavy atom. The van der Waals surface area contributed by atoms with Crippen molar-refractivity contribution in [1.82, 2.24) is 47.4 Å². The maximum Gasteiger partial charge on any atom is 0.322 e. The number of ether oxygens (including phenoxy) is 2. The molecule has 0 aromatic rings. The van der Waals surface area contributed by atoms with Gasteiger partial charge in [-0.2, -0.15) is 0 Å². The van der Waals surface area contributed by atoms with Gasteiger partial charge in [-0.3, -0.25) is 47.9 Å². The van der Waals surface area contributed by atoms with Crippen molar-refractivity contribution in [1.29, 1.82) is 0 Å². The average Bonchev–Trinajstić information content (AvgIpc) is 3.80. The molecule has 0 bridgehead atoms. The van der Waals surface area contributed by atoms with Gasteiger partial charge in [-0.25, -0.2) is 0 Å². The third-order valence-electron chi connectivity index (χ3n) is 10.1. The van der Waals surface area contributed by atoms with Crippen LogP contribution in [0, 0.1) is 5.92 Å². The summed E-state index contributed by atoms with van der Waals surface area (Å²) in [6.45, 7) is 0.980. The highest BCUT2D eigenvalue weighted by Gasteiger charge is 2.45. The minimum atomic E-state index is -1.74. The normalized spacial score (nSPS) is 21.5. The number of carboxylic acid groups (broad SMARTS) is 1. The zero-order chi connectivity index (χ0) is 51.1. The van der Waals surface area contributed by atoms with Gasteiger partial charge in [0.05, 0.1) is 39.4 Å². The predicted molar refractivity (Wildman–Crippen MR) is 229 cm³/mol. The second kappa shape index (κ2) is 29.5. The summed E-state index contributed by atoms with van der Waals surface area (Å²) in [6, 6.07) is -4.88. The molecule has 2 aliphatic rings. The number of aliphatic carboxylic acids is 1. The number of oxime groups is 1. The SMILES string of the molecule is CCCCC(NC(=O)C1CCCN1C(=O)CNC(=O)CNC(=O)CO/N=C(\C)OC1C(O)OC(CO)C(O)C1O)C(=O)NCC(=O)NCC(=O)NC(CO)C(=O)NC(C(=O)NCC(=O)O)C(C)C. The summed E-state index contributed by atoms with van der Waals surface area (Å²) in [6.07, 6.45) is -5.78. The van der Waals surface area contributed by atoms with E-state index in [0.717, 1.165) is 0 Å². The average molecular weight is 977 g/mol. The topological polar surface area (TPSA) is 432 Å². The van der Waals surface area contributed by atoms with Gasteiger partial charge < -0.3 is 92.4 Å². The van der Waals surface area contributed by atoms with Crippen LogP contribution in [0.2, 0.25) is 0 Å². The maximum atomic E-state index is 13.4. The van der Waals surface area contributed by atoms with Crippen molar-refractivity contribution in [3.8, 4) is 0 Å². The van der Waals surface area contributed by atoms with Crippen LogP contribution in [0.4, 0.5) is 0 Å². The Hall–Kier alpha value is -6.27. The summed E-state index contributed by atoms with van der Waals surface area (Å²) in [4.78, 5) is 131. The van der Waals surface area contributed by atoms with E-state index in [-0.39, 0.29) is 25.3 Å². The van der Waals surface area contributed by atoms with E-state index in [1.165, 1.54) is 11.8 Å². The van der Waals surface area contributed by atoms with E-state index in [4.69, 9.17) is 24.5 Å². The summed E-state index contributed by atoms with van der Waals surface area (Å²) >= 11 is 0. The lowest BCUT2D eigenvalue weighted by molar-refractivity contribution is -0.283. The summed E-state index contributed by atoms with van der Waals surface area (Å²) in [7, 11) is 0. The number of aliphatic hydroxyl groups is 5. The fraction of sp³-hybridized carbons (Fsp3) is 0.718. The van der Waals surface area contributed by atoms with Crippen molar-refractivity contribution in [3.63, 3.8) is 0 Å². The molecular formula is C39H64N10O19. The van der Waals surface area contributed by atoms with E-state index in [0.29, 0.717) is 19.3 Å². The third kappa shape index (κ3) is 19.5. The van der Waals surface area contributed by atoms with Crippen molar-refractivity contribution < 1.29 is 92.9 Å². The lowest BCUT2D eigenvalue weighted by atomic mass is 9.99. The van der Waals surface area contributed by atoms with E-state index < -0.39 is 172 Å². The van der Waals surface area contributed by atoms with Gasteiger partial charge in [0.25, 0.3) is 5.91 Å². The standard InChI is InChI=1S/C39H64N10O19/c1-5-6-8-21(35(61)43-12-26(53)40-13-27(54)45-22(16-50)36(62)47-31(19(2)3)38(64)44-15-30(57)58)46-37(63)23-9-7-10-49(23)29(56)14-42-25(52)11-41-28(55)18-66-48-20(4)67-34-33(60)32(59)24(17-51)68-39(34)65/h19,21-24,31-34,39,50-51,59-60,65H,5-18H2,1-4H3,(H,40,53)(H,41,55)(H,42,52)(H,43,61)(H,44,64)(H,45,54)(H,46,63)(H,47,62)(H,57,58)/b48-20+. The maximum absolute atomic E-state index is 13.4. The first-order valence-electron chi connectivity index (χ1n) is 21.6. The smallest absolute Gasteiger partial charge is 0.322 e. The number of aliphatic hydroxyl groups excluding tert-OH is 5. The van der Waals surface area contributed by atoms with Gasteiger partial charge in [0.15, 0.2) is 19.0 Å². The number of hydrogen-bond acceptors (Lipinski definition) is 19. The van der Waals surface area contributed by atoms with Gasteiger partial charge in [-0.1, -0.05) is 38.8 Å². The minimum Gasteiger partial charge on any atom is -0.480 e. The highest BCUT2D eigenvalue weighted by atomic mass is 16.7. The van der Waals surface area contributed by atoms with Gasteiger partial charge in [-0.15, -0.1) is 0 Å². The number of carbonyl (C=O) groups is 10. The van der Waals surface area contributed by atoms with Gasteiger partial charge in [0, 0.05) is 13.5 Å². The van der Waals surface area contributed by atoms with Crippen molar-refractivity contribution in [2.45, 2.75) is 115 Å². The minimum absolute atomic E-state index is 0.160. The fourth-order valence-electron chi connectivity index (χ4n) is 6.48. The Morgan fingerprint density at radius 3 is 1.99 bits per heavy atom. The van der Waals surface area contributed by atoms with Gasteiger partial charge in [0.2, 0.25) is 53.2 Å². The van der Waals surface area contributed by atoms with Crippen molar-refractivity contribution >= 4 is 65.0 Å². The van der Waals surface area contributed by atoms with Crippen LogP contribution in [0.15, 0.2) is 5.16 Å². The molecule has 14 N–H and O–H groups in total. The molecule has 384 valence electrons. The van der Waals surface area contributed by atoms with Crippen LogP contribution in [0.3, 0.4) is 0 Å². The first-order chi connectivity index (χ1) is 32.1. The molecule has 0 aromatic carbocycles. The number of rotatable bonds is 27. The molecule has 0 aliphatic carbocycles. The molecule has 0 radical (unpaired) electrons. The van der Waals surface area contributed by atoms with Crippen molar-refractivity contribution in [2.75, 3.05) is 59.1 Å². The molecule has 29 nitrogen and oxygen atoms in total. The molecule has 0 saturated carbocycles. The van der Waals surface area contributed by atoms with Gasteiger partial charge >= 0.3 is 5.97 Å². The molecule has 0 aromatic heterocycles. The number of carbonyl (C=O) groups excluding carboxylic acids is 9. The lowest BCUT2D eigenvalue weighted by Gasteiger charge is -2.39. The van der Waals surface area contributed by atoms with Crippen LogP contribution < -0.4 is 42.5 Å². The van der Waals surface area contributed by atoms with Crippen molar-refractivity contribution in [2.24, 2.45) is 11.1 Å². The van der Waals surface area contributed by atoms with Gasteiger partial charge in [-0.05, 0) is 25.2 Å². The Morgan fingerprint density at radius 1 is 0.750 bits per heavy atom. The highest BCUT2D eigenvalue weighted by Crippen LogP contribution is 2.22. The van der Waals surface area contributed by atoms with Crippen LogP contribution in [0.5, 0.6) is 0 Å². The lowest BCUT2D eigenvalue weighted by Crippen LogP contribution is -2.59. The number of likely N-dealkylation sites (tertiary alicyclic amines) is 1. The number of hydrogen-bond donors (Lipinski definition) is 14. The molecule has 29 heteroatoms. The van der Waals surface area contributed by atoms with E-state index in [1.807, 2.05) is 6.92 Å². The molecule has 2 saturated heterocycles. The number of carboxylic acids is 1. The highest BCUT2D eigenvalue weighted by molar-refractivity contribution is 5.96. The van der Waals surface area contributed by atoms with E-state index in [2.05, 4.69) is 47.7 Å². The summed E-state index contributed by atoms with van der Waals surface area (Å²) in [5.74, 6) is -9.23. The molecule has 2 heterocycles. The Balaban J connectivity index is 1.80. The summed E-state index contributed by atoms with van der Waals surface area (Å²) in [5, 5.41) is 79.7. The van der Waals surface area contributed by atoms with E-state index >= 15 is 0 Å².